The van der Waals surface area contributed by atoms with Crippen molar-refractivity contribution in [3.05, 3.63) is 94.8 Å². The van der Waals surface area contributed by atoms with Crippen LogP contribution < -0.4 is 27.4 Å². The minimum absolute atomic E-state index is 0.0213. The van der Waals surface area contributed by atoms with Crippen molar-refractivity contribution in [3.8, 4) is 0 Å². The van der Waals surface area contributed by atoms with E-state index in [4.69, 9.17) is 16.2 Å². The van der Waals surface area contributed by atoms with Gasteiger partial charge in [0.15, 0.2) is 0 Å². The predicted molar refractivity (Wildman–Crippen MR) is 197 cm³/mol. The molecule has 0 aliphatic carbocycles. The van der Waals surface area contributed by atoms with Gasteiger partial charge in [0.25, 0.3) is 0 Å². The number of amides is 1. The van der Waals surface area contributed by atoms with Crippen LogP contribution in [0, 0.1) is 11.6 Å². The van der Waals surface area contributed by atoms with Crippen LogP contribution in [0.15, 0.2) is 60.9 Å². The summed E-state index contributed by atoms with van der Waals surface area (Å²) < 4.78 is 33.0. The number of ketones is 2. The van der Waals surface area contributed by atoms with Gasteiger partial charge in [-0.2, -0.15) is 9.97 Å². The van der Waals surface area contributed by atoms with Crippen LogP contribution in [-0.4, -0.2) is 86.4 Å². The molecule has 2 aromatic carbocycles. The number of nitrogens with zero attached hydrogens (tertiary/aromatic N) is 5. The molecule has 2 saturated heterocycles. The number of likely N-dealkylation sites (tertiary alicyclic amines) is 1. The lowest BCUT2D eigenvalue weighted by molar-refractivity contribution is 0.0210. The third-order valence-electron chi connectivity index (χ3n) is 8.51. The lowest BCUT2D eigenvalue weighted by Gasteiger charge is -2.33. The molecule has 0 radical (unpaired) electrons. The number of nitrogen functional groups attached to an aromatic ring is 2. The molecule has 0 bridgehead atoms. The van der Waals surface area contributed by atoms with Crippen molar-refractivity contribution >= 4 is 41.2 Å². The van der Waals surface area contributed by atoms with Gasteiger partial charge in [-0.3, -0.25) is 9.59 Å². The Bertz CT molecular complexity index is 1930. The summed E-state index contributed by atoms with van der Waals surface area (Å²) >= 11 is 0. The summed E-state index contributed by atoms with van der Waals surface area (Å²) in [6, 6.07) is 11.8. The fraction of sp³-hybridized carbons (Fsp3) is 0.378. The summed E-state index contributed by atoms with van der Waals surface area (Å²) in [6.07, 6.45) is 5.66. The van der Waals surface area contributed by atoms with Crippen molar-refractivity contribution in [2.45, 2.75) is 64.1 Å². The second-order valence-electron chi connectivity index (χ2n) is 13.7. The molecule has 6 rings (SSSR count). The van der Waals surface area contributed by atoms with Gasteiger partial charge in [-0.25, -0.2) is 23.5 Å². The van der Waals surface area contributed by atoms with Crippen LogP contribution in [0.25, 0.3) is 0 Å². The first-order chi connectivity index (χ1) is 25.3. The summed E-state index contributed by atoms with van der Waals surface area (Å²) in [5.74, 6) is -1.60. The molecule has 0 saturated carbocycles. The molecule has 2 fully saturated rings. The maximum absolute atomic E-state index is 13.9. The lowest BCUT2D eigenvalue weighted by Crippen LogP contribution is -2.44. The van der Waals surface area contributed by atoms with Crippen LogP contribution in [0.1, 0.15) is 78.3 Å². The van der Waals surface area contributed by atoms with Gasteiger partial charge in [-0.05, 0) is 83.8 Å². The highest BCUT2D eigenvalue weighted by Gasteiger charge is 2.28. The van der Waals surface area contributed by atoms with Gasteiger partial charge in [-0.15, -0.1) is 0 Å². The molecular weight excluding hydrogens is 686 g/mol. The number of benzene rings is 2. The molecule has 4 heterocycles. The van der Waals surface area contributed by atoms with Crippen LogP contribution in [-0.2, 0) is 4.74 Å². The van der Waals surface area contributed by atoms with E-state index in [1.165, 1.54) is 48.8 Å². The largest absolute Gasteiger partial charge is 0.444 e. The van der Waals surface area contributed by atoms with Gasteiger partial charge in [0.1, 0.15) is 28.9 Å². The zero-order chi connectivity index (χ0) is 38.1. The Morgan fingerprint density at radius 3 is 1.58 bits per heavy atom. The molecule has 0 atom stereocenters. The van der Waals surface area contributed by atoms with Gasteiger partial charge in [0, 0.05) is 37.6 Å². The standard InChI is InChI=1S/C21H26FN5O3.C16H18FN5O/c1-21(2,3)30-20(29)27-10-8-13(9-11-27)25-19-24-12-15(18(23)26-19)17(28)14-6-4-5-7-16(14)22;17-13-4-2-1-3-11(13)14(23)12-9-20-16(22-15(12)18)21-10-5-7-19-8-6-10/h4-7,12-13H,8-11H2,1-3H3,(H3,23,24,25,26);1-4,9-10,19H,5-8H2,(H3,18,20,21,22). The van der Waals surface area contributed by atoms with Crippen molar-refractivity contribution in [1.82, 2.24) is 30.2 Å². The first-order valence-corrected chi connectivity index (χ1v) is 17.3. The maximum Gasteiger partial charge on any atom is 0.410 e. The Morgan fingerprint density at radius 1 is 0.736 bits per heavy atom. The van der Waals surface area contributed by atoms with E-state index < -0.39 is 28.8 Å². The summed E-state index contributed by atoms with van der Waals surface area (Å²) in [5, 5.41) is 9.67. The van der Waals surface area contributed by atoms with Crippen LogP contribution in [0.3, 0.4) is 0 Å². The molecule has 4 aromatic rings. The van der Waals surface area contributed by atoms with Crippen LogP contribution >= 0.6 is 0 Å². The SMILES string of the molecule is CC(C)(C)OC(=O)N1CCC(Nc2ncc(C(=O)c3ccccc3F)c(N)n2)CC1.Nc1nc(NC2CCNCC2)ncc1C(=O)c1ccccc1F. The monoisotopic (exact) mass is 730 g/mol. The van der Waals surface area contributed by atoms with E-state index in [0.717, 1.165) is 25.9 Å². The Hall–Kier alpha value is -5.77. The predicted octanol–water partition coefficient (Wildman–Crippen LogP) is 4.83. The first-order valence-electron chi connectivity index (χ1n) is 17.3. The van der Waals surface area contributed by atoms with Crippen molar-refractivity contribution < 1.29 is 27.9 Å². The smallest absolute Gasteiger partial charge is 0.410 e. The van der Waals surface area contributed by atoms with E-state index in [1.54, 1.807) is 17.0 Å². The number of aromatic nitrogens is 4. The van der Waals surface area contributed by atoms with Crippen molar-refractivity contribution in [3.63, 3.8) is 0 Å². The summed E-state index contributed by atoms with van der Waals surface area (Å²) in [7, 11) is 0. The number of carbonyl (C=O) groups excluding carboxylic acids is 3. The van der Waals surface area contributed by atoms with Gasteiger partial charge in [0.2, 0.25) is 23.5 Å². The van der Waals surface area contributed by atoms with E-state index in [-0.39, 0.29) is 58.0 Å². The zero-order valence-electron chi connectivity index (χ0n) is 29.9. The van der Waals surface area contributed by atoms with E-state index in [0.29, 0.717) is 31.9 Å². The molecule has 280 valence electrons. The Labute approximate surface area is 306 Å². The summed E-state index contributed by atoms with van der Waals surface area (Å²) in [4.78, 5) is 55.3. The van der Waals surface area contributed by atoms with E-state index >= 15 is 0 Å². The summed E-state index contributed by atoms with van der Waals surface area (Å²) in [5.41, 5.74) is 11.3. The van der Waals surface area contributed by atoms with Crippen LogP contribution in [0.5, 0.6) is 0 Å². The number of carbonyl (C=O) groups is 3. The number of ether oxygens (including phenoxy) is 1. The molecule has 0 unspecified atom stereocenters. The van der Waals surface area contributed by atoms with Gasteiger partial charge in [0.05, 0.1) is 22.3 Å². The molecule has 14 nitrogen and oxygen atoms in total. The van der Waals surface area contributed by atoms with Crippen molar-refractivity contribution in [1.29, 1.82) is 0 Å². The van der Waals surface area contributed by atoms with E-state index in [2.05, 4.69) is 35.9 Å². The lowest BCUT2D eigenvalue weighted by atomic mass is 10.0. The molecular formula is C37H44F2N10O4. The molecule has 2 aliphatic rings. The van der Waals surface area contributed by atoms with Gasteiger partial charge in [-0.1, -0.05) is 24.3 Å². The third kappa shape index (κ3) is 10.4. The molecule has 16 heteroatoms. The molecule has 0 spiro atoms. The number of hydrogen-bond acceptors (Lipinski definition) is 13. The van der Waals surface area contributed by atoms with E-state index in [9.17, 15) is 23.2 Å². The average molecular weight is 731 g/mol. The maximum atomic E-state index is 13.9. The molecule has 1 amide bonds. The number of piperidine rings is 2. The summed E-state index contributed by atoms with van der Waals surface area (Å²) in [6.45, 7) is 8.48. The number of halogens is 2. The van der Waals surface area contributed by atoms with Crippen LogP contribution in [0.4, 0.5) is 37.1 Å². The average Bonchev–Trinajstić information content (AvgIpc) is 3.12. The molecule has 7 N–H and O–H groups in total. The number of nitrogens with one attached hydrogen (secondary N) is 3. The number of nitrogens with two attached hydrogens (primary N) is 2. The Morgan fingerprint density at radius 2 is 1.17 bits per heavy atom. The topological polar surface area (TPSA) is 203 Å². The van der Waals surface area contributed by atoms with Gasteiger partial charge >= 0.3 is 6.09 Å². The van der Waals surface area contributed by atoms with Gasteiger partial charge < -0.3 is 37.1 Å². The highest BCUT2D eigenvalue weighted by molar-refractivity contribution is 6.12. The molecule has 2 aliphatic heterocycles. The first kappa shape index (κ1) is 38.5. The number of hydrogen-bond donors (Lipinski definition) is 5. The zero-order valence-corrected chi connectivity index (χ0v) is 29.9. The van der Waals surface area contributed by atoms with Crippen molar-refractivity contribution in [2.75, 3.05) is 48.3 Å². The second kappa shape index (κ2) is 17.2. The van der Waals surface area contributed by atoms with Crippen LogP contribution in [0.2, 0.25) is 0 Å². The quantitative estimate of drug-likeness (QED) is 0.154. The molecule has 2 aromatic heterocycles. The Balaban J connectivity index is 0.000000211. The van der Waals surface area contributed by atoms with Crippen molar-refractivity contribution in [2.24, 2.45) is 0 Å². The van der Waals surface area contributed by atoms with E-state index in [1.807, 2.05) is 20.8 Å². The number of anilines is 4. The fourth-order valence-electron chi connectivity index (χ4n) is 5.72. The fourth-order valence-corrected chi connectivity index (χ4v) is 5.72. The minimum atomic E-state index is -0.624. The highest BCUT2D eigenvalue weighted by Crippen LogP contribution is 2.22. The highest BCUT2D eigenvalue weighted by atomic mass is 19.1. The molecule has 53 heavy (non-hydrogen) atoms. The second-order valence-corrected chi connectivity index (χ2v) is 13.7. The minimum Gasteiger partial charge on any atom is -0.444 e. The third-order valence-corrected chi connectivity index (χ3v) is 8.51. The normalized spacial score (nSPS) is 15.2. The number of rotatable bonds is 8. The Kier molecular flexibility index (Phi) is 12.5.